The van der Waals surface area contributed by atoms with Gasteiger partial charge in [-0.25, -0.2) is 5.48 Å². The van der Waals surface area contributed by atoms with Crippen LogP contribution >= 0.6 is 11.6 Å². The van der Waals surface area contributed by atoms with Gasteiger partial charge in [-0.1, -0.05) is 218 Å². The Morgan fingerprint density at radius 2 is 0.488 bits per heavy atom. The summed E-state index contributed by atoms with van der Waals surface area (Å²) >= 11 is 5.73. The summed E-state index contributed by atoms with van der Waals surface area (Å²) in [5.74, 6) is 0.586. The van der Waals surface area contributed by atoms with Crippen molar-refractivity contribution in [2.24, 2.45) is 0 Å². The number of unbranched alkanes of at least 4 members (excludes halogenated alkanes) is 35. The van der Waals surface area contributed by atoms with E-state index < -0.39 is 0 Å². The normalized spacial score (nSPS) is 11.4. The molecule has 0 aliphatic rings. The van der Waals surface area contributed by atoms with Gasteiger partial charge in [-0.15, -0.1) is 11.6 Å². The van der Waals surface area contributed by atoms with Crippen LogP contribution in [0.3, 0.4) is 0 Å². The van der Waals surface area contributed by atoms with E-state index in [9.17, 15) is 4.79 Å². The Labute approximate surface area is 275 Å². The Bertz CT molecular complexity index is 515. The first-order chi connectivity index (χ1) is 21.3. The predicted molar refractivity (Wildman–Crippen MR) is 191 cm³/mol. The molecular formula is C39H78ClNO2. The average Bonchev–Trinajstić information content (AvgIpc) is 3.02. The molecule has 2 N–H and O–H groups in total. The van der Waals surface area contributed by atoms with Crippen LogP contribution in [0.5, 0.6) is 0 Å². The summed E-state index contributed by atoms with van der Waals surface area (Å²) in [6, 6.07) is 0. The molecule has 43 heavy (non-hydrogen) atoms. The second-order valence-electron chi connectivity index (χ2n) is 13.7. The van der Waals surface area contributed by atoms with Gasteiger partial charge in [0.1, 0.15) is 0 Å². The summed E-state index contributed by atoms with van der Waals surface area (Å²) in [4.78, 5) is 10.9. The number of hydrogen-bond acceptors (Lipinski definition) is 2. The minimum absolute atomic E-state index is 0.255. The largest absolute Gasteiger partial charge is 0.289 e. The quantitative estimate of drug-likeness (QED) is 0.0309. The van der Waals surface area contributed by atoms with Gasteiger partial charge in [0, 0.05) is 12.3 Å². The fourth-order valence-corrected chi connectivity index (χ4v) is 6.64. The molecule has 0 saturated heterocycles. The van der Waals surface area contributed by atoms with Crippen molar-refractivity contribution in [3.8, 4) is 0 Å². The van der Waals surface area contributed by atoms with Gasteiger partial charge < -0.3 is 0 Å². The van der Waals surface area contributed by atoms with E-state index in [0.29, 0.717) is 6.42 Å². The molecule has 0 unspecified atom stereocenters. The Morgan fingerprint density at radius 1 is 0.326 bits per heavy atom. The van der Waals surface area contributed by atoms with E-state index in [2.05, 4.69) is 0 Å². The second-order valence-corrected chi connectivity index (χ2v) is 14.1. The molecule has 0 spiro atoms. The van der Waals surface area contributed by atoms with Crippen molar-refractivity contribution in [2.45, 2.75) is 238 Å². The van der Waals surface area contributed by atoms with Crippen LogP contribution in [0.15, 0.2) is 0 Å². The SMILES string of the molecule is O=C(CCCCCCCCCCCCCCCCCCCCCCCCCCCCCCCCCCCCCCCl)NO. The number of rotatable bonds is 38. The van der Waals surface area contributed by atoms with Crippen molar-refractivity contribution < 1.29 is 10.0 Å². The maximum Gasteiger partial charge on any atom is 0.243 e. The highest BCUT2D eigenvalue weighted by Crippen LogP contribution is 2.17. The van der Waals surface area contributed by atoms with Crippen LogP contribution in [0.1, 0.15) is 238 Å². The van der Waals surface area contributed by atoms with Crippen LogP contribution in [0.4, 0.5) is 0 Å². The molecule has 3 nitrogen and oxygen atoms in total. The highest BCUT2D eigenvalue weighted by atomic mass is 35.5. The first-order valence-electron chi connectivity index (χ1n) is 19.8. The minimum Gasteiger partial charge on any atom is -0.289 e. The van der Waals surface area contributed by atoms with Crippen LogP contribution in [0, 0.1) is 0 Å². The number of nitrogens with one attached hydrogen (secondary N) is 1. The number of hydrogen-bond donors (Lipinski definition) is 2. The molecule has 0 aromatic carbocycles. The van der Waals surface area contributed by atoms with E-state index in [0.717, 1.165) is 18.7 Å². The van der Waals surface area contributed by atoms with Crippen molar-refractivity contribution in [2.75, 3.05) is 5.88 Å². The Balaban J connectivity index is 3.04. The molecule has 0 fully saturated rings. The monoisotopic (exact) mass is 628 g/mol. The van der Waals surface area contributed by atoms with E-state index in [1.165, 1.54) is 218 Å². The van der Waals surface area contributed by atoms with E-state index in [1.54, 1.807) is 5.48 Å². The van der Waals surface area contributed by atoms with Crippen LogP contribution in [0.2, 0.25) is 0 Å². The fourth-order valence-electron chi connectivity index (χ4n) is 6.45. The van der Waals surface area contributed by atoms with Crippen LogP contribution in [0.25, 0.3) is 0 Å². The van der Waals surface area contributed by atoms with E-state index in [4.69, 9.17) is 16.8 Å². The third-order valence-electron chi connectivity index (χ3n) is 9.41. The molecule has 4 heteroatoms. The van der Waals surface area contributed by atoms with Gasteiger partial charge >= 0.3 is 0 Å². The summed E-state index contributed by atoms with van der Waals surface area (Å²) in [5.41, 5.74) is 1.70. The molecule has 0 heterocycles. The van der Waals surface area contributed by atoms with E-state index in [-0.39, 0.29) is 5.91 Å². The summed E-state index contributed by atoms with van der Waals surface area (Å²) < 4.78 is 0. The number of hydroxylamine groups is 1. The highest BCUT2D eigenvalue weighted by Gasteiger charge is 1.99. The second kappa shape index (κ2) is 39.7. The molecule has 0 atom stereocenters. The predicted octanol–water partition coefficient (Wildman–Crippen LogP) is 14.2. The zero-order chi connectivity index (χ0) is 31.2. The maximum atomic E-state index is 10.9. The van der Waals surface area contributed by atoms with Crippen LogP contribution in [-0.4, -0.2) is 17.0 Å². The van der Waals surface area contributed by atoms with Gasteiger partial charge in [0.2, 0.25) is 5.91 Å². The summed E-state index contributed by atoms with van der Waals surface area (Å²) in [6.45, 7) is 0. The topological polar surface area (TPSA) is 49.3 Å². The van der Waals surface area contributed by atoms with Crippen LogP contribution < -0.4 is 5.48 Å². The standard InChI is InChI=1S/C39H78ClNO2/c40-38-36-34-32-30-28-26-24-22-20-18-16-14-12-10-8-6-4-2-1-3-5-7-9-11-13-15-17-19-21-23-25-27-29-31-33-35-37-39(42)41-43/h43H,1-38H2,(H,41,42). The summed E-state index contributed by atoms with van der Waals surface area (Å²) in [7, 11) is 0. The summed E-state index contributed by atoms with van der Waals surface area (Å²) in [5, 5.41) is 8.46. The van der Waals surface area contributed by atoms with Gasteiger partial charge in [0.15, 0.2) is 0 Å². The zero-order valence-electron chi connectivity index (χ0n) is 29.1. The Morgan fingerprint density at radius 3 is 0.651 bits per heavy atom. The lowest BCUT2D eigenvalue weighted by Crippen LogP contribution is -2.17. The van der Waals surface area contributed by atoms with Gasteiger partial charge in [0.05, 0.1) is 0 Å². The molecule has 1 amide bonds. The smallest absolute Gasteiger partial charge is 0.243 e. The lowest BCUT2D eigenvalue weighted by Gasteiger charge is -2.05. The number of amides is 1. The number of carbonyl (C=O) groups excluding carboxylic acids is 1. The molecular weight excluding hydrogens is 550 g/mol. The minimum atomic E-state index is -0.255. The lowest BCUT2D eigenvalue weighted by atomic mass is 10.0. The van der Waals surface area contributed by atoms with Crippen LogP contribution in [-0.2, 0) is 4.79 Å². The van der Waals surface area contributed by atoms with E-state index >= 15 is 0 Å². The third-order valence-corrected chi connectivity index (χ3v) is 9.68. The van der Waals surface area contributed by atoms with Crippen molar-refractivity contribution in [1.29, 1.82) is 0 Å². The van der Waals surface area contributed by atoms with Gasteiger partial charge in [-0.2, -0.15) is 0 Å². The van der Waals surface area contributed by atoms with Crippen molar-refractivity contribution in [3.05, 3.63) is 0 Å². The molecule has 0 aromatic heterocycles. The molecule has 0 saturated carbocycles. The van der Waals surface area contributed by atoms with Gasteiger partial charge in [-0.3, -0.25) is 10.0 Å². The molecule has 0 radical (unpaired) electrons. The molecule has 0 aromatic rings. The molecule has 258 valence electrons. The van der Waals surface area contributed by atoms with Crippen molar-refractivity contribution in [3.63, 3.8) is 0 Å². The average molecular weight is 629 g/mol. The third kappa shape index (κ3) is 39.7. The fraction of sp³-hybridized carbons (Fsp3) is 0.974. The van der Waals surface area contributed by atoms with Gasteiger partial charge in [0.25, 0.3) is 0 Å². The van der Waals surface area contributed by atoms with E-state index in [1.807, 2.05) is 0 Å². The maximum absolute atomic E-state index is 10.9. The number of carbonyl (C=O) groups is 1. The first kappa shape index (κ1) is 42.7. The Hall–Kier alpha value is -0.280. The molecule has 0 rings (SSSR count). The lowest BCUT2D eigenvalue weighted by molar-refractivity contribution is -0.129. The first-order valence-corrected chi connectivity index (χ1v) is 20.3. The number of alkyl halides is 1. The highest BCUT2D eigenvalue weighted by molar-refractivity contribution is 6.17. The molecule has 0 aliphatic carbocycles. The van der Waals surface area contributed by atoms with Gasteiger partial charge in [-0.05, 0) is 12.8 Å². The molecule has 0 bridgehead atoms. The number of halogens is 1. The summed E-state index contributed by atoms with van der Waals surface area (Å²) in [6.07, 6.45) is 50.9. The van der Waals surface area contributed by atoms with Crippen molar-refractivity contribution in [1.82, 2.24) is 5.48 Å². The Kier molecular flexibility index (Phi) is 39.5. The zero-order valence-corrected chi connectivity index (χ0v) is 29.9. The van der Waals surface area contributed by atoms with Crippen molar-refractivity contribution >= 4 is 17.5 Å². The molecule has 0 aliphatic heterocycles.